The monoisotopic (exact) mass is 414 g/mol. The SMILES string of the molecule is COc1cccc(C=CC(=O)N(c2ccc(Br)cc2)c2nccs2)c1. The van der Waals surface area contributed by atoms with Crippen molar-refractivity contribution >= 4 is 50.1 Å². The maximum absolute atomic E-state index is 12.8. The molecule has 25 heavy (non-hydrogen) atoms. The Balaban J connectivity index is 1.89. The second-order valence-electron chi connectivity index (χ2n) is 5.07. The number of amides is 1. The van der Waals surface area contributed by atoms with E-state index >= 15 is 0 Å². The molecule has 1 amide bonds. The molecule has 1 heterocycles. The third-order valence-electron chi connectivity index (χ3n) is 3.43. The molecule has 0 aliphatic carbocycles. The summed E-state index contributed by atoms with van der Waals surface area (Å²) in [5.74, 6) is 0.583. The molecule has 0 aliphatic rings. The number of hydrogen-bond donors (Lipinski definition) is 0. The van der Waals surface area contributed by atoms with Crippen LogP contribution in [0.5, 0.6) is 5.75 Å². The largest absolute Gasteiger partial charge is 0.497 e. The van der Waals surface area contributed by atoms with Crippen LogP contribution in [0.15, 0.2) is 70.7 Å². The average Bonchev–Trinajstić information content (AvgIpc) is 3.16. The van der Waals surface area contributed by atoms with E-state index in [1.807, 2.05) is 53.9 Å². The zero-order valence-corrected chi connectivity index (χ0v) is 15.8. The topological polar surface area (TPSA) is 42.4 Å². The molecule has 126 valence electrons. The van der Waals surface area contributed by atoms with E-state index in [4.69, 9.17) is 4.74 Å². The molecule has 2 aromatic carbocycles. The molecule has 0 spiro atoms. The molecular weight excluding hydrogens is 400 g/mol. The predicted octanol–water partition coefficient (Wildman–Crippen LogP) is 5.29. The Morgan fingerprint density at radius 2 is 2.04 bits per heavy atom. The maximum atomic E-state index is 12.8. The van der Waals surface area contributed by atoms with Crippen LogP contribution in [0.25, 0.3) is 6.08 Å². The molecule has 0 fully saturated rings. The number of anilines is 2. The zero-order chi connectivity index (χ0) is 17.6. The molecule has 0 atom stereocenters. The Kier molecular flexibility index (Phi) is 5.63. The number of halogens is 1. The Morgan fingerprint density at radius 3 is 2.72 bits per heavy atom. The second-order valence-corrected chi connectivity index (χ2v) is 6.86. The Hall–Kier alpha value is -2.44. The van der Waals surface area contributed by atoms with Gasteiger partial charge in [0.25, 0.3) is 5.91 Å². The molecule has 3 rings (SSSR count). The van der Waals surface area contributed by atoms with Crippen molar-refractivity contribution in [2.45, 2.75) is 0 Å². The van der Waals surface area contributed by atoms with Gasteiger partial charge in [0.1, 0.15) is 5.75 Å². The molecule has 0 saturated heterocycles. The number of methoxy groups -OCH3 is 1. The van der Waals surface area contributed by atoms with Gasteiger partial charge >= 0.3 is 0 Å². The fourth-order valence-corrected chi connectivity index (χ4v) is 3.17. The number of ether oxygens (including phenoxy) is 1. The summed E-state index contributed by atoms with van der Waals surface area (Å²) < 4.78 is 6.16. The minimum absolute atomic E-state index is 0.167. The molecule has 0 unspecified atom stereocenters. The Labute approximate surface area is 158 Å². The first-order chi connectivity index (χ1) is 12.2. The highest BCUT2D eigenvalue weighted by molar-refractivity contribution is 9.10. The molecule has 0 saturated carbocycles. The number of carbonyl (C=O) groups excluding carboxylic acids is 1. The van der Waals surface area contributed by atoms with E-state index < -0.39 is 0 Å². The lowest BCUT2D eigenvalue weighted by Gasteiger charge is -2.18. The highest BCUT2D eigenvalue weighted by Crippen LogP contribution is 2.29. The van der Waals surface area contributed by atoms with E-state index in [1.165, 1.54) is 17.4 Å². The lowest BCUT2D eigenvalue weighted by molar-refractivity contribution is -0.113. The zero-order valence-electron chi connectivity index (χ0n) is 13.4. The van der Waals surface area contributed by atoms with Crippen LogP contribution in [0, 0.1) is 0 Å². The van der Waals surface area contributed by atoms with Gasteiger partial charge in [0.15, 0.2) is 5.13 Å². The van der Waals surface area contributed by atoms with Gasteiger partial charge in [-0.15, -0.1) is 11.3 Å². The number of aromatic nitrogens is 1. The minimum Gasteiger partial charge on any atom is -0.497 e. The van der Waals surface area contributed by atoms with Gasteiger partial charge in [-0.25, -0.2) is 4.98 Å². The summed E-state index contributed by atoms with van der Waals surface area (Å²) in [6, 6.07) is 15.1. The van der Waals surface area contributed by atoms with Crippen LogP contribution in [0.1, 0.15) is 5.56 Å². The van der Waals surface area contributed by atoms with Gasteiger partial charge in [0.2, 0.25) is 0 Å². The highest BCUT2D eigenvalue weighted by atomic mass is 79.9. The first-order valence-electron chi connectivity index (χ1n) is 7.48. The maximum Gasteiger partial charge on any atom is 0.257 e. The molecular formula is C19H15BrN2O2S. The summed E-state index contributed by atoms with van der Waals surface area (Å²) in [4.78, 5) is 18.7. The highest BCUT2D eigenvalue weighted by Gasteiger charge is 2.18. The van der Waals surface area contributed by atoms with Crippen molar-refractivity contribution in [3.63, 3.8) is 0 Å². The molecule has 0 bridgehead atoms. The minimum atomic E-state index is -0.167. The summed E-state index contributed by atoms with van der Waals surface area (Å²) >= 11 is 4.83. The van der Waals surface area contributed by atoms with Gasteiger partial charge in [-0.1, -0.05) is 28.1 Å². The molecule has 0 radical (unpaired) electrons. The van der Waals surface area contributed by atoms with Gasteiger partial charge < -0.3 is 4.74 Å². The summed E-state index contributed by atoms with van der Waals surface area (Å²) in [6.07, 6.45) is 4.99. The quantitative estimate of drug-likeness (QED) is 0.532. The van der Waals surface area contributed by atoms with E-state index in [0.29, 0.717) is 5.13 Å². The van der Waals surface area contributed by atoms with Crippen LogP contribution in [-0.4, -0.2) is 18.0 Å². The van der Waals surface area contributed by atoms with Crippen molar-refractivity contribution in [2.24, 2.45) is 0 Å². The third kappa shape index (κ3) is 4.35. The van der Waals surface area contributed by atoms with E-state index in [0.717, 1.165) is 21.5 Å². The molecule has 4 nitrogen and oxygen atoms in total. The van der Waals surface area contributed by atoms with Crippen molar-refractivity contribution in [1.29, 1.82) is 0 Å². The van der Waals surface area contributed by atoms with Crippen molar-refractivity contribution < 1.29 is 9.53 Å². The average molecular weight is 415 g/mol. The first kappa shape index (κ1) is 17.4. The number of benzene rings is 2. The molecule has 3 aromatic rings. The van der Waals surface area contributed by atoms with E-state index in [-0.39, 0.29) is 5.91 Å². The normalized spacial score (nSPS) is 10.8. The standard InChI is InChI=1S/C19H15BrN2O2S/c1-24-17-4-2-3-14(13-17)5-10-18(23)22(19-21-11-12-25-19)16-8-6-15(20)7-9-16/h2-13H,1H3. The van der Waals surface area contributed by atoms with Crippen molar-refractivity contribution in [3.05, 3.63) is 76.2 Å². The lowest BCUT2D eigenvalue weighted by atomic mass is 10.2. The van der Waals surface area contributed by atoms with E-state index in [2.05, 4.69) is 20.9 Å². The summed E-state index contributed by atoms with van der Waals surface area (Å²) in [6.45, 7) is 0. The van der Waals surface area contributed by atoms with Crippen molar-refractivity contribution in [2.75, 3.05) is 12.0 Å². The second kappa shape index (κ2) is 8.09. The molecule has 0 N–H and O–H groups in total. The third-order valence-corrected chi connectivity index (χ3v) is 4.71. The Morgan fingerprint density at radius 1 is 1.24 bits per heavy atom. The van der Waals surface area contributed by atoms with Gasteiger partial charge in [-0.3, -0.25) is 9.69 Å². The van der Waals surface area contributed by atoms with E-state index in [9.17, 15) is 4.79 Å². The van der Waals surface area contributed by atoms with Gasteiger partial charge in [-0.05, 0) is 48.0 Å². The van der Waals surface area contributed by atoms with Crippen LogP contribution in [-0.2, 0) is 4.79 Å². The van der Waals surface area contributed by atoms with Crippen LogP contribution in [0.4, 0.5) is 10.8 Å². The van der Waals surface area contributed by atoms with E-state index in [1.54, 1.807) is 24.3 Å². The molecule has 6 heteroatoms. The summed E-state index contributed by atoms with van der Waals surface area (Å²) in [7, 11) is 1.62. The summed E-state index contributed by atoms with van der Waals surface area (Å²) in [5, 5.41) is 2.47. The van der Waals surface area contributed by atoms with Gasteiger partial charge in [0.05, 0.1) is 12.8 Å². The van der Waals surface area contributed by atoms with Crippen molar-refractivity contribution in [3.8, 4) is 5.75 Å². The lowest BCUT2D eigenvalue weighted by Crippen LogP contribution is -2.23. The number of hydrogen-bond acceptors (Lipinski definition) is 4. The number of nitrogens with zero attached hydrogens (tertiary/aromatic N) is 2. The van der Waals surface area contributed by atoms with Crippen LogP contribution in [0.2, 0.25) is 0 Å². The van der Waals surface area contributed by atoms with Gasteiger partial charge in [-0.2, -0.15) is 0 Å². The summed E-state index contributed by atoms with van der Waals surface area (Å²) in [5.41, 5.74) is 1.65. The fourth-order valence-electron chi connectivity index (χ4n) is 2.24. The first-order valence-corrected chi connectivity index (χ1v) is 9.16. The molecule has 0 aliphatic heterocycles. The smallest absolute Gasteiger partial charge is 0.257 e. The number of rotatable bonds is 5. The van der Waals surface area contributed by atoms with Crippen LogP contribution >= 0.6 is 27.3 Å². The van der Waals surface area contributed by atoms with Crippen molar-refractivity contribution in [1.82, 2.24) is 4.98 Å². The Bertz CT molecular complexity index is 877. The number of thiazole rings is 1. The molecule has 1 aromatic heterocycles. The van der Waals surface area contributed by atoms with Crippen LogP contribution < -0.4 is 9.64 Å². The fraction of sp³-hybridized carbons (Fsp3) is 0.0526. The predicted molar refractivity (Wildman–Crippen MR) is 105 cm³/mol. The number of carbonyl (C=O) groups is 1. The van der Waals surface area contributed by atoms with Crippen LogP contribution in [0.3, 0.4) is 0 Å². The van der Waals surface area contributed by atoms with Gasteiger partial charge in [0, 0.05) is 22.1 Å².